The Morgan fingerprint density at radius 3 is 1.35 bits per heavy atom. The van der Waals surface area contributed by atoms with Crippen LogP contribution in [-0.2, 0) is 16.2 Å². The van der Waals surface area contributed by atoms with E-state index in [9.17, 15) is 5.26 Å². The number of nitriles is 1. The third kappa shape index (κ3) is 5.83. The molecule has 7 aromatic rings. The van der Waals surface area contributed by atoms with Crippen molar-refractivity contribution < 1.29 is 0 Å². The van der Waals surface area contributed by atoms with Gasteiger partial charge < -0.3 is 0 Å². The normalized spacial score (nSPS) is 30.8. The van der Waals surface area contributed by atoms with Crippen molar-refractivity contribution in [1.82, 2.24) is 15.0 Å². The van der Waals surface area contributed by atoms with Gasteiger partial charge in [-0.3, -0.25) is 0 Å². The molecule has 16 rings (SSSR count). The summed E-state index contributed by atoms with van der Waals surface area (Å²) in [6.07, 6.45) is 16.8. The predicted molar refractivity (Wildman–Crippen MR) is 258 cm³/mol. The highest BCUT2D eigenvalue weighted by Crippen LogP contribution is 2.62. The van der Waals surface area contributed by atoms with Crippen LogP contribution in [0.25, 0.3) is 45.3 Å². The lowest BCUT2D eigenvalue weighted by atomic mass is 9.48. The second-order valence-electron chi connectivity index (χ2n) is 22.0. The van der Waals surface area contributed by atoms with E-state index in [-0.39, 0.29) is 0 Å². The molecule has 0 radical (unpaired) electrons. The summed E-state index contributed by atoms with van der Waals surface area (Å²) in [6, 6.07) is 55.9. The molecule has 8 bridgehead atoms. The molecule has 0 aliphatic heterocycles. The second kappa shape index (κ2) is 14.2. The standard InChI is InChI=1S/C61H54N4/c62-37-38-7-6-10-51(29-38)61(50-8-2-1-3-9-50)54-12-5-4-11-52(54)53-30-47(17-22-55(53)61)58-64-56(45-13-18-48(19-14-45)59-31-39-23-40(32-59)25-41(24-39)33-59)63-57(65-58)46-15-20-49(21-16-46)60-34-42-26-43(35-60)28-44(27-42)36-60/h1-22,29-30,39-44H,23-28,31-36H2/t39-,40-,41-,42-,43+,44-,59?,60?,61?. The molecular weight excluding hydrogens is 789 g/mol. The van der Waals surface area contributed by atoms with Crippen LogP contribution in [0.3, 0.4) is 0 Å². The molecule has 0 N–H and O–H groups in total. The number of aromatic nitrogens is 3. The highest BCUT2D eigenvalue weighted by molar-refractivity contribution is 5.88. The fourth-order valence-corrected chi connectivity index (χ4v) is 16.4. The minimum atomic E-state index is -0.606. The SMILES string of the molecule is N#Cc1cccc(C2(c3ccccc3)c3ccccc3-c3cc(-c4nc(-c5ccc(C67C[C@H]8C[C@@H](C6)C[C@@H](C7)C8)cc5)nc(-c5ccc(C67C[C@H]8C[C@H](C6)C[C@@H](C7)C8)cc5)n4)ccc32)c1. The van der Waals surface area contributed by atoms with Gasteiger partial charge in [0, 0.05) is 16.7 Å². The lowest BCUT2D eigenvalue weighted by Crippen LogP contribution is -2.48. The monoisotopic (exact) mass is 842 g/mol. The number of benzene rings is 6. The fourth-order valence-electron chi connectivity index (χ4n) is 16.4. The Bertz CT molecular complexity index is 2890. The van der Waals surface area contributed by atoms with Crippen LogP contribution >= 0.6 is 0 Å². The molecule has 4 nitrogen and oxygen atoms in total. The summed E-state index contributed by atoms with van der Waals surface area (Å²) in [6.45, 7) is 0. The molecule has 4 heteroatoms. The summed E-state index contributed by atoms with van der Waals surface area (Å²) < 4.78 is 0. The van der Waals surface area contributed by atoms with Crippen LogP contribution in [0.15, 0.2) is 146 Å². The predicted octanol–water partition coefficient (Wildman–Crippen LogP) is 14.0. The first-order valence-electron chi connectivity index (χ1n) is 24.7. The molecule has 1 unspecified atom stereocenters. The molecule has 1 heterocycles. The highest BCUT2D eigenvalue weighted by atomic mass is 15.0. The van der Waals surface area contributed by atoms with E-state index in [1.807, 2.05) is 12.1 Å². The van der Waals surface area contributed by atoms with Crippen LogP contribution in [0.1, 0.15) is 116 Å². The van der Waals surface area contributed by atoms with Gasteiger partial charge in [-0.2, -0.15) is 5.26 Å². The lowest BCUT2D eigenvalue weighted by Gasteiger charge is -2.57. The van der Waals surface area contributed by atoms with Gasteiger partial charge in [0.1, 0.15) is 0 Å². The summed E-state index contributed by atoms with van der Waals surface area (Å²) in [5.74, 6) is 7.57. The Morgan fingerprint density at radius 2 is 0.831 bits per heavy atom. The largest absolute Gasteiger partial charge is 0.208 e. The van der Waals surface area contributed by atoms with E-state index in [1.165, 1.54) is 110 Å². The fraction of sp³-hybridized carbons (Fsp3) is 0.344. The maximum atomic E-state index is 10.1. The summed E-state index contributed by atoms with van der Waals surface area (Å²) in [5.41, 5.74) is 13.8. The molecule has 9 aliphatic rings. The van der Waals surface area contributed by atoms with Crippen LogP contribution in [0.4, 0.5) is 0 Å². The van der Waals surface area contributed by atoms with Crippen molar-refractivity contribution in [3.05, 3.63) is 185 Å². The lowest BCUT2D eigenvalue weighted by molar-refractivity contribution is -0.00530. The highest BCUT2D eigenvalue weighted by Gasteiger charge is 2.53. The molecule has 1 aromatic heterocycles. The zero-order valence-electron chi connectivity index (χ0n) is 37.1. The molecule has 0 saturated heterocycles. The minimum absolute atomic E-state index is 0.340. The topological polar surface area (TPSA) is 62.5 Å². The summed E-state index contributed by atoms with van der Waals surface area (Å²) in [7, 11) is 0. The van der Waals surface area contributed by atoms with Gasteiger partial charge in [0.15, 0.2) is 17.5 Å². The van der Waals surface area contributed by atoms with Crippen LogP contribution in [0.2, 0.25) is 0 Å². The molecule has 6 aromatic carbocycles. The van der Waals surface area contributed by atoms with Crippen molar-refractivity contribution in [2.75, 3.05) is 0 Å². The number of nitrogens with zero attached hydrogens (tertiary/aromatic N) is 4. The van der Waals surface area contributed by atoms with E-state index in [1.54, 1.807) is 0 Å². The summed E-state index contributed by atoms with van der Waals surface area (Å²) in [5, 5.41) is 10.1. The molecule has 9 aliphatic carbocycles. The molecular formula is C61H54N4. The number of hydrogen-bond acceptors (Lipinski definition) is 4. The molecule has 0 spiro atoms. The van der Waals surface area contributed by atoms with Gasteiger partial charge in [-0.05, 0) is 186 Å². The van der Waals surface area contributed by atoms with Gasteiger partial charge in [-0.25, -0.2) is 15.0 Å². The first kappa shape index (κ1) is 38.1. The van der Waals surface area contributed by atoms with Gasteiger partial charge in [-0.15, -0.1) is 0 Å². The Balaban J connectivity index is 0.900. The van der Waals surface area contributed by atoms with Crippen LogP contribution < -0.4 is 0 Å². The first-order valence-corrected chi connectivity index (χ1v) is 24.7. The second-order valence-corrected chi connectivity index (χ2v) is 22.0. The molecule has 318 valence electrons. The number of hydrogen-bond donors (Lipinski definition) is 0. The van der Waals surface area contributed by atoms with Crippen molar-refractivity contribution in [2.45, 2.75) is 93.3 Å². The number of rotatable bonds is 7. The van der Waals surface area contributed by atoms with E-state index in [2.05, 4.69) is 140 Å². The van der Waals surface area contributed by atoms with Crippen LogP contribution in [-0.4, -0.2) is 15.0 Å². The van der Waals surface area contributed by atoms with Crippen molar-refractivity contribution in [3.63, 3.8) is 0 Å². The quantitative estimate of drug-likeness (QED) is 0.160. The zero-order valence-corrected chi connectivity index (χ0v) is 37.1. The van der Waals surface area contributed by atoms with Crippen molar-refractivity contribution in [1.29, 1.82) is 5.26 Å². The summed E-state index contributed by atoms with van der Waals surface area (Å²) >= 11 is 0. The average molecular weight is 843 g/mol. The molecule has 65 heavy (non-hydrogen) atoms. The zero-order chi connectivity index (χ0) is 42.9. The third-order valence-corrected chi connectivity index (χ3v) is 18.2. The smallest absolute Gasteiger partial charge is 0.164 e. The molecule has 1 atom stereocenters. The first-order chi connectivity index (χ1) is 31.9. The van der Waals surface area contributed by atoms with Gasteiger partial charge in [0.25, 0.3) is 0 Å². The Labute approximate surface area is 383 Å². The average Bonchev–Trinajstić information content (AvgIpc) is 3.64. The van der Waals surface area contributed by atoms with Gasteiger partial charge >= 0.3 is 0 Å². The molecule has 8 fully saturated rings. The maximum absolute atomic E-state index is 10.1. The van der Waals surface area contributed by atoms with E-state index in [0.29, 0.717) is 22.2 Å². The van der Waals surface area contributed by atoms with Crippen LogP contribution in [0, 0.1) is 46.8 Å². The van der Waals surface area contributed by atoms with Gasteiger partial charge in [0.2, 0.25) is 0 Å². The summed E-state index contributed by atoms with van der Waals surface area (Å²) in [4.78, 5) is 16.1. The van der Waals surface area contributed by atoms with E-state index < -0.39 is 5.41 Å². The van der Waals surface area contributed by atoms with E-state index in [0.717, 1.165) is 75.0 Å². The number of fused-ring (bicyclic) bond motifs is 3. The Kier molecular flexibility index (Phi) is 8.30. The van der Waals surface area contributed by atoms with Crippen LogP contribution in [0.5, 0.6) is 0 Å². The van der Waals surface area contributed by atoms with Crippen molar-refractivity contribution in [3.8, 4) is 51.4 Å². The molecule has 8 saturated carbocycles. The van der Waals surface area contributed by atoms with E-state index >= 15 is 0 Å². The minimum Gasteiger partial charge on any atom is -0.208 e. The van der Waals surface area contributed by atoms with Gasteiger partial charge in [0.05, 0.1) is 17.0 Å². The molecule has 0 amide bonds. The Morgan fingerprint density at radius 1 is 0.385 bits per heavy atom. The van der Waals surface area contributed by atoms with Crippen molar-refractivity contribution >= 4 is 0 Å². The maximum Gasteiger partial charge on any atom is 0.164 e. The van der Waals surface area contributed by atoms with E-state index in [4.69, 9.17) is 15.0 Å². The van der Waals surface area contributed by atoms with Crippen molar-refractivity contribution in [2.24, 2.45) is 35.5 Å². The third-order valence-electron chi connectivity index (χ3n) is 18.2. The Hall–Kier alpha value is -6.18. The van der Waals surface area contributed by atoms with Gasteiger partial charge in [-0.1, -0.05) is 127 Å².